The molecule has 0 aliphatic rings. The van der Waals surface area contributed by atoms with Crippen LogP contribution in [0.4, 0.5) is 0 Å². The van der Waals surface area contributed by atoms with Crippen molar-refractivity contribution in [1.82, 2.24) is 0 Å². The molecule has 27 heavy (non-hydrogen) atoms. The summed E-state index contributed by atoms with van der Waals surface area (Å²) in [5.74, 6) is -0.00839. The second kappa shape index (κ2) is 7.37. The van der Waals surface area contributed by atoms with Gasteiger partial charge in [-0.25, -0.2) is 0 Å². The molecule has 2 aromatic carbocycles. The number of carbonyl (C=O) groups excluding carboxylic acids is 1. The highest BCUT2D eigenvalue weighted by molar-refractivity contribution is 6.36. The zero-order valence-corrected chi connectivity index (χ0v) is 16.6. The van der Waals surface area contributed by atoms with Crippen molar-refractivity contribution >= 4 is 40.1 Å². The monoisotopic (exact) mass is 404 g/mol. The van der Waals surface area contributed by atoms with Crippen LogP contribution in [-0.4, -0.2) is 5.97 Å². The third-order valence-corrected chi connectivity index (χ3v) is 4.42. The maximum atomic E-state index is 12.8. The lowest BCUT2D eigenvalue weighted by Crippen LogP contribution is -2.17. The molecule has 3 rings (SSSR count). The molecule has 0 atom stereocenters. The minimum Gasteiger partial charge on any atom is -0.463 e. The first-order valence-electron chi connectivity index (χ1n) is 8.36. The van der Waals surface area contributed by atoms with E-state index in [0.717, 1.165) is 0 Å². The first-order chi connectivity index (χ1) is 12.6. The predicted molar refractivity (Wildman–Crippen MR) is 108 cm³/mol. The molecule has 140 valence electrons. The Labute approximate surface area is 166 Å². The van der Waals surface area contributed by atoms with Crippen molar-refractivity contribution in [2.45, 2.75) is 27.2 Å². The van der Waals surface area contributed by atoms with E-state index < -0.39 is 0 Å². The molecule has 0 bridgehead atoms. The molecular formula is C21H18Cl2O4. The summed E-state index contributed by atoms with van der Waals surface area (Å²) in [4.78, 5) is 24.8. The molecule has 6 heteroatoms. The summed E-state index contributed by atoms with van der Waals surface area (Å²) in [7, 11) is 0. The largest absolute Gasteiger partial charge is 0.463 e. The Bertz CT molecular complexity index is 1080. The fraction of sp³-hybridized carbons (Fsp3) is 0.238. The van der Waals surface area contributed by atoms with Gasteiger partial charge in [-0.3, -0.25) is 9.59 Å². The molecule has 3 aromatic rings. The Morgan fingerprint density at radius 3 is 2.48 bits per heavy atom. The maximum absolute atomic E-state index is 12.8. The van der Waals surface area contributed by atoms with Crippen LogP contribution in [0.25, 0.3) is 22.1 Å². The second-order valence-electron chi connectivity index (χ2n) is 7.47. The zero-order chi connectivity index (χ0) is 19.8. The first kappa shape index (κ1) is 19.5. The van der Waals surface area contributed by atoms with Gasteiger partial charge in [-0.1, -0.05) is 50.0 Å². The van der Waals surface area contributed by atoms with E-state index in [1.165, 1.54) is 12.3 Å². The van der Waals surface area contributed by atoms with Crippen LogP contribution in [-0.2, 0) is 4.79 Å². The summed E-state index contributed by atoms with van der Waals surface area (Å²) in [6, 6.07) is 9.58. The van der Waals surface area contributed by atoms with Gasteiger partial charge in [-0.2, -0.15) is 0 Å². The standard InChI is InChI=1S/C21H18Cl2O4/c1-21(2,3)10-19(24)27-13-5-7-15-18(9-13)26-11-16(20(15)25)14-6-4-12(22)8-17(14)23/h4-9,11H,10H2,1-3H3. The van der Waals surface area contributed by atoms with Gasteiger partial charge in [-0.05, 0) is 29.7 Å². The van der Waals surface area contributed by atoms with Crippen molar-refractivity contribution in [2.24, 2.45) is 5.41 Å². The minimum atomic E-state index is -0.339. The topological polar surface area (TPSA) is 56.5 Å². The van der Waals surface area contributed by atoms with Gasteiger partial charge in [0, 0.05) is 16.7 Å². The Hall–Kier alpha value is -2.30. The summed E-state index contributed by atoms with van der Waals surface area (Å²) >= 11 is 12.1. The van der Waals surface area contributed by atoms with E-state index in [4.69, 9.17) is 32.4 Å². The van der Waals surface area contributed by atoms with Crippen LogP contribution in [0.5, 0.6) is 5.75 Å². The predicted octanol–water partition coefficient (Wildman–Crippen LogP) is 6.11. The number of halogens is 2. The lowest BCUT2D eigenvalue weighted by atomic mass is 9.92. The Morgan fingerprint density at radius 1 is 1.07 bits per heavy atom. The molecular weight excluding hydrogens is 387 g/mol. The number of benzene rings is 2. The molecule has 1 heterocycles. The summed E-state index contributed by atoms with van der Waals surface area (Å²) in [5, 5.41) is 1.21. The number of esters is 1. The number of rotatable bonds is 3. The average Bonchev–Trinajstić information content (AvgIpc) is 2.54. The number of hydrogen-bond acceptors (Lipinski definition) is 4. The highest BCUT2D eigenvalue weighted by atomic mass is 35.5. The van der Waals surface area contributed by atoms with Crippen molar-refractivity contribution in [2.75, 3.05) is 0 Å². The number of ether oxygens (including phenoxy) is 1. The molecule has 0 radical (unpaired) electrons. The molecule has 4 nitrogen and oxygen atoms in total. The van der Waals surface area contributed by atoms with Gasteiger partial charge < -0.3 is 9.15 Å². The molecule has 0 fully saturated rings. The van der Waals surface area contributed by atoms with Gasteiger partial charge in [0.1, 0.15) is 17.6 Å². The normalized spacial score (nSPS) is 11.6. The molecule has 0 saturated heterocycles. The molecule has 0 unspecified atom stereocenters. The highest BCUT2D eigenvalue weighted by Gasteiger charge is 2.18. The van der Waals surface area contributed by atoms with Crippen LogP contribution in [0.2, 0.25) is 10.0 Å². The van der Waals surface area contributed by atoms with E-state index in [2.05, 4.69) is 0 Å². The van der Waals surface area contributed by atoms with Crippen LogP contribution in [0.3, 0.4) is 0 Å². The van der Waals surface area contributed by atoms with Crippen molar-refractivity contribution in [3.05, 3.63) is 62.9 Å². The summed E-state index contributed by atoms with van der Waals surface area (Å²) in [6.45, 7) is 5.87. The first-order valence-corrected chi connectivity index (χ1v) is 9.11. The summed E-state index contributed by atoms with van der Waals surface area (Å²) < 4.78 is 11.0. The fourth-order valence-corrected chi connectivity index (χ4v) is 3.18. The summed E-state index contributed by atoms with van der Waals surface area (Å²) in [5.41, 5.74) is 0.801. The summed E-state index contributed by atoms with van der Waals surface area (Å²) in [6.07, 6.45) is 1.63. The Kier molecular flexibility index (Phi) is 5.31. The molecule has 0 saturated carbocycles. The minimum absolute atomic E-state index is 0.173. The lowest BCUT2D eigenvalue weighted by molar-refractivity contribution is -0.136. The SMILES string of the molecule is CC(C)(C)CC(=O)Oc1ccc2c(=O)c(-c3ccc(Cl)cc3Cl)coc2c1. The highest BCUT2D eigenvalue weighted by Crippen LogP contribution is 2.30. The Morgan fingerprint density at radius 2 is 1.81 bits per heavy atom. The van der Waals surface area contributed by atoms with Crippen molar-refractivity contribution in [3.8, 4) is 16.9 Å². The van der Waals surface area contributed by atoms with Crippen molar-refractivity contribution in [3.63, 3.8) is 0 Å². The van der Waals surface area contributed by atoms with E-state index in [1.807, 2.05) is 20.8 Å². The van der Waals surface area contributed by atoms with E-state index in [0.29, 0.717) is 37.9 Å². The van der Waals surface area contributed by atoms with Crippen LogP contribution in [0.15, 0.2) is 51.9 Å². The molecule has 0 N–H and O–H groups in total. The second-order valence-corrected chi connectivity index (χ2v) is 8.32. The average molecular weight is 405 g/mol. The zero-order valence-electron chi connectivity index (χ0n) is 15.1. The third-order valence-electron chi connectivity index (χ3n) is 3.87. The molecule has 1 aromatic heterocycles. The smallest absolute Gasteiger partial charge is 0.311 e. The van der Waals surface area contributed by atoms with Gasteiger partial charge in [-0.15, -0.1) is 0 Å². The van der Waals surface area contributed by atoms with Gasteiger partial charge >= 0.3 is 5.97 Å². The number of fused-ring (bicyclic) bond motifs is 1. The molecule has 0 aliphatic heterocycles. The van der Waals surface area contributed by atoms with Gasteiger partial charge in [0.05, 0.1) is 22.4 Å². The van der Waals surface area contributed by atoms with Crippen molar-refractivity contribution < 1.29 is 13.9 Å². The van der Waals surface area contributed by atoms with Gasteiger partial charge in [0.2, 0.25) is 5.43 Å². The third kappa shape index (κ3) is 4.52. The van der Waals surface area contributed by atoms with Crippen LogP contribution >= 0.6 is 23.2 Å². The molecule has 0 aliphatic carbocycles. The quantitative estimate of drug-likeness (QED) is 0.390. The fourth-order valence-electron chi connectivity index (χ4n) is 2.67. The van der Waals surface area contributed by atoms with E-state index in [9.17, 15) is 9.59 Å². The van der Waals surface area contributed by atoms with Crippen molar-refractivity contribution in [1.29, 1.82) is 0 Å². The Balaban J connectivity index is 1.96. The number of hydrogen-bond donors (Lipinski definition) is 0. The van der Waals surface area contributed by atoms with Crippen LogP contribution < -0.4 is 10.2 Å². The van der Waals surface area contributed by atoms with E-state index >= 15 is 0 Å². The van der Waals surface area contributed by atoms with Crippen LogP contribution in [0.1, 0.15) is 27.2 Å². The molecule has 0 amide bonds. The van der Waals surface area contributed by atoms with Gasteiger partial charge in [0.15, 0.2) is 0 Å². The van der Waals surface area contributed by atoms with Gasteiger partial charge in [0.25, 0.3) is 0 Å². The number of carbonyl (C=O) groups is 1. The molecule has 0 spiro atoms. The van der Waals surface area contributed by atoms with E-state index in [1.54, 1.807) is 30.3 Å². The maximum Gasteiger partial charge on any atom is 0.311 e. The van der Waals surface area contributed by atoms with E-state index in [-0.39, 0.29) is 23.2 Å². The lowest BCUT2D eigenvalue weighted by Gasteiger charge is -2.16. The van der Waals surface area contributed by atoms with Crippen LogP contribution in [0, 0.1) is 5.41 Å².